The summed E-state index contributed by atoms with van der Waals surface area (Å²) in [5.74, 6) is 1.49. The molecular formula is C17H20BrN3O2. The van der Waals surface area contributed by atoms with E-state index in [1.807, 2.05) is 29.2 Å². The number of aromatic nitrogens is 1. The van der Waals surface area contributed by atoms with Crippen LogP contribution in [0.3, 0.4) is 0 Å². The van der Waals surface area contributed by atoms with Gasteiger partial charge in [0.25, 0.3) is 0 Å². The number of nitrogens with one attached hydrogen (secondary N) is 1. The van der Waals surface area contributed by atoms with Gasteiger partial charge in [-0.25, -0.2) is 4.98 Å². The molecule has 0 unspecified atom stereocenters. The third-order valence-electron chi connectivity index (χ3n) is 4.07. The van der Waals surface area contributed by atoms with Crippen molar-refractivity contribution in [2.45, 2.75) is 25.8 Å². The molecule has 1 amide bonds. The fraction of sp³-hybridized carbons (Fsp3) is 0.412. The summed E-state index contributed by atoms with van der Waals surface area (Å²) in [4.78, 5) is 18.6. The molecule has 1 aromatic carbocycles. The molecule has 1 atom stereocenters. The van der Waals surface area contributed by atoms with Crippen molar-refractivity contribution in [3.8, 4) is 11.3 Å². The number of rotatable bonds is 4. The van der Waals surface area contributed by atoms with Crippen LogP contribution in [0.15, 0.2) is 39.4 Å². The van der Waals surface area contributed by atoms with Gasteiger partial charge in [-0.3, -0.25) is 4.79 Å². The van der Waals surface area contributed by atoms with Crippen molar-refractivity contribution in [1.82, 2.24) is 15.2 Å². The van der Waals surface area contributed by atoms with E-state index in [1.54, 1.807) is 6.20 Å². The van der Waals surface area contributed by atoms with Gasteiger partial charge in [-0.05, 0) is 13.0 Å². The van der Waals surface area contributed by atoms with Gasteiger partial charge in [0.1, 0.15) is 0 Å². The first-order valence-corrected chi connectivity index (χ1v) is 8.64. The lowest BCUT2D eigenvalue weighted by Gasteiger charge is -2.34. The van der Waals surface area contributed by atoms with Gasteiger partial charge in [-0.1, -0.05) is 34.1 Å². The molecule has 1 N–H and O–H groups in total. The maximum absolute atomic E-state index is 12.3. The Morgan fingerprint density at radius 2 is 2.30 bits per heavy atom. The minimum atomic E-state index is 0.166. The maximum Gasteiger partial charge on any atom is 0.223 e. The molecule has 0 aliphatic carbocycles. The van der Waals surface area contributed by atoms with Crippen molar-refractivity contribution < 1.29 is 9.21 Å². The van der Waals surface area contributed by atoms with Crippen LogP contribution in [0.5, 0.6) is 0 Å². The molecule has 5 nitrogen and oxygen atoms in total. The molecule has 3 rings (SSSR count). The van der Waals surface area contributed by atoms with Gasteiger partial charge >= 0.3 is 0 Å². The van der Waals surface area contributed by atoms with E-state index in [0.717, 1.165) is 35.4 Å². The number of halogens is 1. The molecule has 1 aliphatic rings. The van der Waals surface area contributed by atoms with E-state index in [9.17, 15) is 4.79 Å². The van der Waals surface area contributed by atoms with E-state index in [0.29, 0.717) is 18.7 Å². The van der Waals surface area contributed by atoms with Crippen LogP contribution >= 0.6 is 15.9 Å². The average molecular weight is 378 g/mol. The Morgan fingerprint density at radius 3 is 3.09 bits per heavy atom. The number of hydrogen-bond acceptors (Lipinski definition) is 4. The largest absolute Gasteiger partial charge is 0.441 e. The number of carbonyl (C=O) groups excluding carboxylic acids is 1. The predicted octanol–water partition coefficient (Wildman–Crippen LogP) is 2.86. The highest BCUT2D eigenvalue weighted by molar-refractivity contribution is 9.10. The summed E-state index contributed by atoms with van der Waals surface area (Å²) in [5.41, 5.74) is 0.966. The van der Waals surface area contributed by atoms with Gasteiger partial charge in [-0.15, -0.1) is 0 Å². The predicted molar refractivity (Wildman–Crippen MR) is 92.0 cm³/mol. The van der Waals surface area contributed by atoms with Gasteiger partial charge in [0.05, 0.1) is 6.20 Å². The topological polar surface area (TPSA) is 58.4 Å². The zero-order valence-corrected chi connectivity index (χ0v) is 14.7. The van der Waals surface area contributed by atoms with Crippen molar-refractivity contribution in [2.24, 2.45) is 0 Å². The number of benzene rings is 1. The van der Waals surface area contributed by atoms with E-state index in [1.165, 1.54) is 0 Å². The van der Waals surface area contributed by atoms with Crippen LogP contribution in [0.25, 0.3) is 11.3 Å². The Hall–Kier alpha value is -1.66. The fourth-order valence-corrected chi connectivity index (χ4v) is 3.26. The van der Waals surface area contributed by atoms with Crippen LogP contribution in [0.2, 0.25) is 0 Å². The second-order valence-corrected chi connectivity index (χ2v) is 6.59. The third-order valence-corrected chi connectivity index (χ3v) is 4.76. The summed E-state index contributed by atoms with van der Waals surface area (Å²) in [6.07, 6.45) is 2.67. The standard InChI is InChI=1S/C17H20BrN3O2/c1-12-10-19-8-9-21(12)17(22)7-6-16-20-11-15(23-16)13-4-2-3-5-14(13)18/h2-5,11-12,19H,6-10H2,1H3/t12-/m1/s1. The number of carbonyl (C=O) groups is 1. The molecule has 0 spiro atoms. The van der Waals surface area contributed by atoms with Crippen molar-refractivity contribution in [2.75, 3.05) is 19.6 Å². The molecule has 6 heteroatoms. The normalized spacial score (nSPS) is 18.2. The fourth-order valence-electron chi connectivity index (χ4n) is 2.78. The molecule has 1 aromatic heterocycles. The Labute approximate surface area is 144 Å². The van der Waals surface area contributed by atoms with Crippen LogP contribution < -0.4 is 5.32 Å². The first kappa shape index (κ1) is 16.2. The van der Waals surface area contributed by atoms with Crippen LogP contribution in [0.1, 0.15) is 19.2 Å². The number of hydrogen-bond donors (Lipinski definition) is 1. The summed E-state index contributed by atoms with van der Waals surface area (Å²) in [5, 5.41) is 3.29. The van der Waals surface area contributed by atoms with E-state index in [4.69, 9.17) is 4.42 Å². The molecule has 23 heavy (non-hydrogen) atoms. The highest BCUT2D eigenvalue weighted by atomic mass is 79.9. The van der Waals surface area contributed by atoms with Crippen LogP contribution in [0.4, 0.5) is 0 Å². The molecule has 1 aliphatic heterocycles. The highest BCUT2D eigenvalue weighted by Crippen LogP contribution is 2.28. The van der Waals surface area contributed by atoms with Crippen molar-refractivity contribution >= 4 is 21.8 Å². The van der Waals surface area contributed by atoms with Gasteiger partial charge < -0.3 is 14.6 Å². The Bertz CT molecular complexity index is 686. The molecule has 1 fully saturated rings. The monoisotopic (exact) mass is 377 g/mol. The zero-order valence-electron chi connectivity index (χ0n) is 13.1. The van der Waals surface area contributed by atoms with Crippen LogP contribution in [-0.4, -0.2) is 41.5 Å². The molecule has 0 bridgehead atoms. The Balaban J connectivity index is 1.61. The second-order valence-electron chi connectivity index (χ2n) is 5.74. The number of oxazole rings is 1. The summed E-state index contributed by atoms with van der Waals surface area (Å²) in [6.45, 7) is 4.56. The average Bonchev–Trinajstić information content (AvgIpc) is 3.02. The lowest BCUT2D eigenvalue weighted by molar-refractivity contribution is -0.134. The SMILES string of the molecule is C[C@@H]1CNCCN1C(=O)CCc1ncc(-c2ccccc2Br)o1. The lowest BCUT2D eigenvalue weighted by Crippen LogP contribution is -2.52. The van der Waals surface area contributed by atoms with E-state index < -0.39 is 0 Å². The summed E-state index contributed by atoms with van der Waals surface area (Å²) < 4.78 is 6.76. The van der Waals surface area contributed by atoms with Gasteiger partial charge in [0.2, 0.25) is 5.91 Å². The van der Waals surface area contributed by atoms with Gasteiger partial charge in [0.15, 0.2) is 11.7 Å². The summed E-state index contributed by atoms with van der Waals surface area (Å²) >= 11 is 3.51. The van der Waals surface area contributed by atoms with Gasteiger partial charge in [0, 0.05) is 48.6 Å². The first-order valence-electron chi connectivity index (χ1n) is 7.85. The second kappa shape index (κ2) is 7.27. The number of aryl methyl sites for hydroxylation is 1. The minimum Gasteiger partial charge on any atom is -0.441 e. The maximum atomic E-state index is 12.3. The quantitative estimate of drug-likeness (QED) is 0.889. The van der Waals surface area contributed by atoms with E-state index in [-0.39, 0.29) is 11.9 Å². The van der Waals surface area contributed by atoms with Crippen molar-refractivity contribution in [3.05, 3.63) is 40.8 Å². The molecule has 122 valence electrons. The van der Waals surface area contributed by atoms with Crippen molar-refractivity contribution in [3.63, 3.8) is 0 Å². The molecule has 0 saturated carbocycles. The Kier molecular flexibility index (Phi) is 5.13. The Morgan fingerprint density at radius 1 is 1.48 bits per heavy atom. The smallest absolute Gasteiger partial charge is 0.223 e. The van der Waals surface area contributed by atoms with E-state index >= 15 is 0 Å². The summed E-state index contributed by atoms with van der Waals surface area (Å²) in [7, 11) is 0. The van der Waals surface area contributed by atoms with Gasteiger partial charge in [-0.2, -0.15) is 0 Å². The number of piperazine rings is 1. The first-order chi connectivity index (χ1) is 11.1. The minimum absolute atomic E-state index is 0.166. The molecule has 1 saturated heterocycles. The highest BCUT2D eigenvalue weighted by Gasteiger charge is 2.23. The molecular weight excluding hydrogens is 358 g/mol. The van der Waals surface area contributed by atoms with Crippen molar-refractivity contribution in [1.29, 1.82) is 0 Å². The number of amides is 1. The molecule has 0 radical (unpaired) electrons. The van der Waals surface area contributed by atoms with Crippen LogP contribution in [-0.2, 0) is 11.2 Å². The molecule has 2 heterocycles. The summed E-state index contributed by atoms with van der Waals surface area (Å²) in [6, 6.07) is 8.10. The number of nitrogens with zero attached hydrogens (tertiary/aromatic N) is 2. The van der Waals surface area contributed by atoms with E-state index in [2.05, 4.69) is 33.2 Å². The molecule has 2 aromatic rings. The lowest BCUT2D eigenvalue weighted by atomic mass is 10.2. The van der Waals surface area contributed by atoms with Crippen LogP contribution in [0, 0.1) is 0 Å². The third kappa shape index (κ3) is 3.82. The zero-order chi connectivity index (χ0) is 16.2.